The van der Waals surface area contributed by atoms with E-state index in [4.69, 9.17) is 16.0 Å². The van der Waals surface area contributed by atoms with Gasteiger partial charge in [-0.25, -0.2) is 4.98 Å². The van der Waals surface area contributed by atoms with Gasteiger partial charge < -0.3 is 14.6 Å². The number of rotatable bonds is 5. The van der Waals surface area contributed by atoms with Crippen LogP contribution in [-0.2, 0) is 4.79 Å². The Balaban J connectivity index is 1.45. The fourth-order valence-electron chi connectivity index (χ4n) is 4.02. The molecular weight excluding hydrogens is 402 g/mol. The number of fused-ring (bicyclic) bond motifs is 1. The molecule has 30 heavy (non-hydrogen) atoms. The van der Waals surface area contributed by atoms with E-state index in [0.717, 1.165) is 18.4 Å². The van der Waals surface area contributed by atoms with Crippen LogP contribution in [0.2, 0.25) is 5.02 Å². The first-order valence-corrected chi connectivity index (χ1v) is 10.6. The maximum Gasteiger partial charge on any atom is 0.253 e. The summed E-state index contributed by atoms with van der Waals surface area (Å²) in [5, 5.41) is 3.48. The molecule has 1 aromatic heterocycles. The molecule has 0 bridgehead atoms. The number of nitrogens with one attached hydrogen (secondary N) is 1. The summed E-state index contributed by atoms with van der Waals surface area (Å²) >= 11 is 6.01. The third-order valence-corrected chi connectivity index (χ3v) is 5.96. The van der Waals surface area contributed by atoms with Gasteiger partial charge in [0.2, 0.25) is 11.8 Å². The third-order valence-electron chi connectivity index (χ3n) is 5.72. The minimum absolute atomic E-state index is 0.0137. The van der Waals surface area contributed by atoms with Crippen molar-refractivity contribution in [3.63, 3.8) is 0 Å². The van der Waals surface area contributed by atoms with Crippen molar-refractivity contribution in [2.24, 2.45) is 5.92 Å². The minimum atomic E-state index is -0.0487. The van der Waals surface area contributed by atoms with Gasteiger partial charge in [0.25, 0.3) is 5.91 Å². The number of amides is 2. The zero-order valence-electron chi connectivity index (χ0n) is 17.0. The van der Waals surface area contributed by atoms with E-state index in [0.29, 0.717) is 40.5 Å². The van der Waals surface area contributed by atoms with Gasteiger partial charge in [0.05, 0.1) is 0 Å². The lowest BCUT2D eigenvalue weighted by atomic mass is 10.1. The number of carbonyl (C=O) groups is 2. The Morgan fingerprint density at radius 1 is 1.20 bits per heavy atom. The molecule has 1 heterocycles. The summed E-state index contributed by atoms with van der Waals surface area (Å²) in [7, 11) is 1.81. The first kappa shape index (κ1) is 20.4. The minimum Gasteiger partial charge on any atom is -0.436 e. The summed E-state index contributed by atoms with van der Waals surface area (Å²) in [6.07, 6.45) is 2.36. The largest absolute Gasteiger partial charge is 0.436 e. The van der Waals surface area contributed by atoms with E-state index >= 15 is 0 Å². The monoisotopic (exact) mass is 425 g/mol. The molecule has 7 heteroatoms. The van der Waals surface area contributed by atoms with Crippen LogP contribution in [0.25, 0.3) is 22.6 Å². The average Bonchev–Trinajstić information content (AvgIpc) is 3.40. The van der Waals surface area contributed by atoms with Crippen LogP contribution in [0.1, 0.15) is 36.5 Å². The normalized spacial score (nSPS) is 18.5. The molecule has 1 aliphatic rings. The Morgan fingerprint density at radius 3 is 2.70 bits per heavy atom. The van der Waals surface area contributed by atoms with Crippen LogP contribution in [0.4, 0.5) is 0 Å². The van der Waals surface area contributed by atoms with E-state index in [9.17, 15) is 9.59 Å². The van der Waals surface area contributed by atoms with Crippen LogP contribution in [0.5, 0.6) is 0 Å². The molecule has 1 aliphatic carbocycles. The topological polar surface area (TPSA) is 75.4 Å². The zero-order chi connectivity index (χ0) is 21.3. The highest BCUT2D eigenvalue weighted by molar-refractivity contribution is 6.31. The molecule has 0 spiro atoms. The van der Waals surface area contributed by atoms with Crippen LogP contribution in [0.15, 0.2) is 46.9 Å². The highest BCUT2D eigenvalue weighted by Gasteiger charge is 2.33. The summed E-state index contributed by atoms with van der Waals surface area (Å²) in [5.74, 6) is 0.512. The van der Waals surface area contributed by atoms with Gasteiger partial charge in [-0.1, -0.05) is 11.6 Å². The SMILES string of the molecule is CCNC(=O)[C@H]1CC[C@@H](N(C)C(=O)c2ccc(-c3nc4cc(Cl)ccc4o3)cc2)C1. The number of hydrogen-bond donors (Lipinski definition) is 1. The fraction of sp³-hybridized carbons (Fsp3) is 0.348. The van der Waals surface area contributed by atoms with Crippen molar-refractivity contribution >= 4 is 34.5 Å². The van der Waals surface area contributed by atoms with Crippen molar-refractivity contribution in [1.29, 1.82) is 0 Å². The van der Waals surface area contributed by atoms with Crippen molar-refractivity contribution < 1.29 is 14.0 Å². The Kier molecular flexibility index (Phi) is 5.77. The maximum absolute atomic E-state index is 12.9. The van der Waals surface area contributed by atoms with E-state index in [2.05, 4.69) is 10.3 Å². The molecule has 1 fully saturated rings. The Hall–Kier alpha value is -2.86. The molecule has 1 saturated carbocycles. The number of aromatic nitrogens is 1. The second-order valence-corrected chi connectivity index (χ2v) is 8.12. The van der Waals surface area contributed by atoms with Crippen molar-refractivity contribution in [3.05, 3.63) is 53.1 Å². The summed E-state index contributed by atoms with van der Waals surface area (Å²) < 4.78 is 5.79. The number of benzene rings is 2. The molecule has 0 radical (unpaired) electrons. The summed E-state index contributed by atoms with van der Waals surface area (Å²) in [4.78, 5) is 31.2. The molecule has 0 saturated heterocycles. The van der Waals surface area contributed by atoms with E-state index in [1.54, 1.807) is 35.2 Å². The second kappa shape index (κ2) is 8.48. The van der Waals surface area contributed by atoms with Crippen LogP contribution >= 0.6 is 11.6 Å². The van der Waals surface area contributed by atoms with Crippen LogP contribution in [0.3, 0.4) is 0 Å². The fourth-order valence-corrected chi connectivity index (χ4v) is 4.18. The molecule has 0 unspecified atom stereocenters. The Morgan fingerprint density at radius 2 is 1.97 bits per heavy atom. The quantitative estimate of drug-likeness (QED) is 0.651. The predicted molar refractivity (Wildman–Crippen MR) is 116 cm³/mol. The number of hydrogen-bond acceptors (Lipinski definition) is 4. The molecule has 2 atom stereocenters. The maximum atomic E-state index is 12.9. The van der Waals surface area contributed by atoms with E-state index < -0.39 is 0 Å². The van der Waals surface area contributed by atoms with Gasteiger partial charge in [-0.3, -0.25) is 9.59 Å². The van der Waals surface area contributed by atoms with E-state index in [-0.39, 0.29) is 23.8 Å². The van der Waals surface area contributed by atoms with Gasteiger partial charge in [0.15, 0.2) is 5.58 Å². The lowest BCUT2D eigenvalue weighted by molar-refractivity contribution is -0.124. The first-order chi connectivity index (χ1) is 14.5. The lowest BCUT2D eigenvalue weighted by Crippen LogP contribution is -2.36. The molecule has 6 nitrogen and oxygen atoms in total. The average molecular weight is 426 g/mol. The summed E-state index contributed by atoms with van der Waals surface area (Å²) in [5.41, 5.74) is 2.75. The Bertz CT molecular complexity index is 1080. The molecule has 3 aromatic rings. The molecule has 0 aliphatic heterocycles. The van der Waals surface area contributed by atoms with E-state index in [1.807, 2.05) is 26.1 Å². The van der Waals surface area contributed by atoms with Crippen LogP contribution in [-0.4, -0.2) is 41.3 Å². The summed E-state index contributed by atoms with van der Waals surface area (Å²) in [6.45, 7) is 2.55. The van der Waals surface area contributed by atoms with Gasteiger partial charge in [-0.15, -0.1) is 0 Å². The van der Waals surface area contributed by atoms with Crippen molar-refractivity contribution in [2.45, 2.75) is 32.2 Å². The van der Waals surface area contributed by atoms with Gasteiger partial charge in [0, 0.05) is 41.7 Å². The highest BCUT2D eigenvalue weighted by Crippen LogP contribution is 2.30. The standard InChI is InChI=1S/C23H24ClN3O3/c1-3-25-21(28)16-8-10-18(12-16)27(2)23(29)15-6-4-14(5-7-15)22-26-19-13-17(24)9-11-20(19)30-22/h4-7,9,11,13,16,18H,3,8,10,12H2,1-2H3,(H,25,28)/t16-,18+/m0/s1. The third kappa shape index (κ3) is 4.05. The number of carbonyl (C=O) groups excluding carboxylic acids is 2. The molecule has 2 aromatic carbocycles. The molecule has 156 valence electrons. The highest BCUT2D eigenvalue weighted by atomic mass is 35.5. The smallest absolute Gasteiger partial charge is 0.253 e. The lowest BCUT2D eigenvalue weighted by Gasteiger charge is -2.25. The van der Waals surface area contributed by atoms with Gasteiger partial charge in [0.1, 0.15) is 5.52 Å². The predicted octanol–water partition coefficient (Wildman–Crippen LogP) is 4.53. The zero-order valence-corrected chi connectivity index (χ0v) is 17.8. The number of halogens is 1. The van der Waals surface area contributed by atoms with Crippen molar-refractivity contribution in [1.82, 2.24) is 15.2 Å². The van der Waals surface area contributed by atoms with Gasteiger partial charge in [-0.2, -0.15) is 0 Å². The van der Waals surface area contributed by atoms with Crippen LogP contribution < -0.4 is 5.32 Å². The van der Waals surface area contributed by atoms with Gasteiger partial charge in [-0.05, 0) is 68.7 Å². The van der Waals surface area contributed by atoms with Gasteiger partial charge >= 0.3 is 0 Å². The molecule has 4 rings (SSSR count). The molecule has 1 N–H and O–H groups in total. The first-order valence-electron chi connectivity index (χ1n) is 10.2. The molecular formula is C23H24ClN3O3. The number of nitrogens with zero attached hydrogens (tertiary/aromatic N) is 2. The van der Waals surface area contributed by atoms with Crippen molar-refractivity contribution in [2.75, 3.05) is 13.6 Å². The number of oxazole rings is 1. The van der Waals surface area contributed by atoms with Crippen molar-refractivity contribution in [3.8, 4) is 11.5 Å². The van der Waals surface area contributed by atoms with E-state index in [1.165, 1.54) is 0 Å². The van der Waals surface area contributed by atoms with Crippen LogP contribution in [0, 0.1) is 5.92 Å². The molecule has 2 amide bonds. The second-order valence-electron chi connectivity index (χ2n) is 7.68. The summed E-state index contributed by atoms with van der Waals surface area (Å²) in [6, 6.07) is 12.6. The Labute approximate surface area is 180 Å².